The standard InChI is InChI=1S/C19H20N2O/c1-13-7-9-14(10-8-13)16-11-18(15-5-3-2-4-6-15)21-19(22)17(16)12-20/h7-11,15H,2-6H2,1H3,(H,21,22). The summed E-state index contributed by atoms with van der Waals surface area (Å²) in [5.74, 6) is 0.415. The molecule has 0 aliphatic heterocycles. The molecule has 1 saturated carbocycles. The highest BCUT2D eigenvalue weighted by molar-refractivity contribution is 5.70. The second-order valence-corrected chi connectivity index (χ2v) is 6.16. The molecule has 0 atom stereocenters. The number of aromatic nitrogens is 1. The topological polar surface area (TPSA) is 56.6 Å². The van der Waals surface area contributed by atoms with Crippen LogP contribution in [0.4, 0.5) is 0 Å². The van der Waals surface area contributed by atoms with E-state index in [-0.39, 0.29) is 11.1 Å². The Morgan fingerprint density at radius 2 is 1.82 bits per heavy atom. The zero-order valence-corrected chi connectivity index (χ0v) is 12.9. The maximum atomic E-state index is 12.3. The summed E-state index contributed by atoms with van der Waals surface area (Å²) in [5.41, 5.74) is 3.79. The molecule has 1 fully saturated rings. The van der Waals surface area contributed by atoms with Crippen LogP contribution in [0.1, 0.15) is 54.8 Å². The van der Waals surface area contributed by atoms with Crippen LogP contribution in [0.2, 0.25) is 0 Å². The SMILES string of the molecule is Cc1ccc(-c2cc(C3CCCCC3)[nH]c(=O)c2C#N)cc1. The summed E-state index contributed by atoms with van der Waals surface area (Å²) in [5, 5.41) is 9.35. The number of benzene rings is 1. The Hall–Kier alpha value is -2.34. The van der Waals surface area contributed by atoms with Crippen molar-refractivity contribution in [2.45, 2.75) is 44.9 Å². The molecule has 3 heteroatoms. The maximum absolute atomic E-state index is 12.3. The van der Waals surface area contributed by atoms with Crippen molar-refractivity contribution >= 4 is 0 Å². The van der Waals surface area contributed by atoms with Gasteiger partial charge in [-0.3, -0.25) is 4.79 Å². The van der Waals surface area contributed by atoms with E-state index >= 15 is 0 Å². The lowest BCUT2D eigenvalue weighted by Crippen LogP contribution is -2.17. The van der Waals surface area contributed by atoms with Gasteiger partial charge in [0.1, 0.15) is 11.6 Å². The fourth-order valence-corrected chi connectivity index (χ4v) is 3.28. The van der Waals surface area contributed by atoms with E-state index in [0.29, 0.717) is 5.92 Å². The minimum absolute atomic E-state index is 0.211. The van der Waals surface area contributed by atoms with Gasteiger partial charge in [0.05, 0.1) is 0 Å². The van der Waals surface area contributed by atoms with Crippen molar-refractivity contribution in [2.24, 2.45) is 0 Å². The number of hydrogen-bond donors (Lipinski definition) is 1. The Labute approximate surface area is 130 Å². The summed E-state index contributed by atoms with van der Waals surface area (Å²) in [6, 6.07) is 12.1. The zero-order chi connectivity index (χ0) is 15.5. The second kappa shape index (κ2) is 6.19. The highest BCUT2D eigenvalue weighted by Crippen LogP contribution is 2.33. The van der Waals surface area contributed by atoms with Crippen molar-refractivity contribution in [1.82, 2.24) is 4.98 Å². The number of rotatable bonds is 2. The number of nitrogens with one attached hydrogen (secondary N) is 1. The lowest BCUT2D eigenvalue weighted by atomic mass is 9.85. The third kappa shape index (κ3) is 2.82. The van der Waals surface area contributed by atoms with Gasteiger partial charge >= 0.3 is 0 Å². The van der Waals surface area contributed by atoms with Crippen molar-refractivity contribution in [3.8, 4) is 17.2 Å². The largest absolute Gasteiger partial charge is 0.325 e. The van der Waals surface area contributed by atoms with E-state index in [4.69, 9.17) is 0 Å². The molecule has 1 heterocycles. The first-order chi connectivity index (χ1) is 10.7. The van der Waals surface area contributed by atoms with Gasteiger partial charge < -0.3 is 4.98 Å². The number of pyridine rings is 1. The third-order valence-corrected chi connectivity index (χ3v) is 4.57. The maximum Gasteiger partial charge on any atom is 0.266 e. The van der Waals surface area contributed by atoms with Crippen LogP contribution in [0.15, 0.2) is 35.1 Å². The van der Waals surface area contributed by atoms with Gasteiger partial charge in [0, 0.05) is 11.3 Å². The van der Waals surface area contributed by atoms with Gasteiger partial charge in [0.15, 0.2) is 0 Å². The average Bonchev–Trinajstić information content (AvgIpc) is 2.55. The van der Waals surface area contributed by atoms with Crippen molar-refractivity contribution in [3.05, 3.63) is 57.5 Å². The first-order valence-corrected chi connectivity index (χ1v) is 7.93. The number of nitrogens with zero attached hydrogens (tertiary/aromatic N) is 1. The number of H-pyrrole nitrogens is 1. The first-order valence-electron chi connectivity index (χ1n) is 7.93. The van der Waals surface area contributed by atoms with E-state index in [1.54, 1.807) is 0 Å². The number of hydrogen-bond acceptors (Lipinski definition) is 2. The van der Waals surface area contributed by atoms with E-state index in [1.807, 2.05) is 37.3 Å². The predicted octanol–water partition coefficient (Wildman–Crippen LogP) is 4.27. The van der Waals surface area contributed by atoms with Gasteiger partial charge in [-0.2, -0.15) is 5.26 Å². The van der Waals surface area contributed by atoms with Crippen LogP contribution in [0.3, 0.4) is 0 Å². The zero-order valence-electron chi connectivity index (χ0n) is 12.9. The van der Waals surface area contributed by atoms with Crippen molar-refractivity contribution in [1.29, 1.82) is 5.26 Å². The quantitative estimate of drug-likeness (QED) is 0.898. The van der Waals surface area contributed by atoms with Crippen LogP contribution in [-0.2, 0) is 0 Å². The van der Waals surface area contributed by atoms with Crippen molar-refractivity contribution < 1.29 is 0 Å². The fraction of sp³-hybridized carbons (Fsp3) is 0.368. The normalized spacial score (nSPS) is 15.5. The summed E-state index contributed by atoms with van der Waals surface area (Å²) in [6.07, 6.45) is 5.95. The smallest absolute Gasteiger partial charge is 0.266 e. The van der Waals surface area contributed by atoms with Crippen molar-refractivity contribution in [2.75, 3.05) is 0 Å². The van der Waals surface area contributed by atoms with Gasteiger partial charge in [-0.25, -0.2) is 0 Å². The summed E-state index contributed by atoms with van der Waals surface area (Å²) in [4.78, 5) is 15.2. The van der Waals surface area contributed by atoms with Gasteiger partial charge in [0.2, 0.25) is 0 Å². The molecule has 1 aromatic carbocycles. The molecule has 1 aliphatic carbocycles. The molecule has 3 nitrogen and oxygen atoms in total. The fourth-order valence-electron chi connectivity index (χ4n) is 3.28. The van der Waals surface area contributed by atoms with Crippen LogP contribution in [0, 0.1) is 18.3 Å². The Morgan fingerprint density at radius 1 is 1.14 bits per heavy atom. The minimum atomic E-state index is -0.263. The van der Waals surface area contributed by atoms with Gasteiger partial charge in [-0.15, -0.1) is 0 Å². The average molecular weight is 292 g/mol. The van der Waals surface area contributed by atoms with E-state index < -0.39 is 0 Å². The van der Waals surface area contributed by atoms with E-state index in [9.17, 15) is 10.1 Å². The molecule has 112 valence electrons. The summed E-state index contributed by atoms with van der Waals surface area (Å²) in [7, 11) is 0. The lowest BCUT2D eigenvalue weighted by Gasteiger charge is -2.22. The Kier molecular flexibility index (Phi) is 4.11. The summed E-state index contributed by atoms with van der Waals surface area (Å²) < 4.78 is 0. The summed E-state index contributed by atoms with van der Waals surface area (Å²) >= 11 is 0. The molecule has 3 rings (SSSR count). The third-order valence-electron chi connectivity index (χ3n) is 4.57. The van der Waals surface area contributed by atoms with Crippen LogP contribution >= 0.6 is 0 Å². The highest BCUT2D eigenvalue weighted by atomic mass is 16.1. The number of aryl methyl sites for hydroxylation is 1. The van der Waals surface area contributed by atoms with E-state index in [0.717, 1.165) is 29.7 Å². The number of nitriles is 1. The predicted molar refractivity (Wildman–Crippen MR) is 87.8 cm³/mol. The first kappa shape index (κ1) is 14.6. The van der Waals surface area contributed by atoms with Crippen LogP contribution in [0.25, 0.3) is 11.1 Å². The lowest BCUT2D eigenvalue weighted by molar-refractivity contribution is 0.436. The Bertz CT molecular complexity index is 760. The molecular weight excluding hydrogens is 272 g/mol. The molecule has 0 radical (unpaired) electrons. The molecule has 0 unspecified atom stereocenters. The molecule has 1 aliphatic rings. The highest BCUT2D eigenvalue weighted by Gasteiger charge is 2.19. The van der Waals surface area contributed by atoms with Crippen LogP contribution < -0.4 is 5.56 Å². The molecular formula is C19H20N2O. The molecule has 1 aromatic heterocycles. The molecule has 0 saturated heterocycles. The van der Waals surface area contributed by atoms with E-state index in [2.05, 4.69) is 11.1 Å². The van der Waals surface area contributed by atoms with Crippen LogP contribution in [-0.4, -0.2) is 4.98 Å². The van der Waals surface area contributed by atoms with Gasteiger partial charge in [-0.1, -0.05) is 49.1 Å². The van der Waals surface area contributed by atoms with Gasteiger partial charge in [-0.05, 0) is 37.3 Å². The molecule has 2 aromatic rings. The molecule has 22 heavy (non-hydrogen) atoms. The number of aromatic amines is 1. The second-order valence-electron chi connectivity index (χ2n) is 6.16. The van der Waals surface area contributed by atoms with E-state index in [1.165, 1.54) is 24.8 Å². The Balaban J connectivity index is 2.10. The molecule has 1 N–H and O–H groups in total. The molecule has 0 amide bonds. The van der Waals surface area contributed by atoms with Crippen LogP contribution in [0.5, 0.6) is 0 Å². The molecule has 0 spiro atoms. The summed E-state index contributed by atoms with van der Waals surface area (Å²) in [6.45, 7) is 2.03. The molecule has 0 bridgehead atoms. The van der Waals surface area contributed by atoms with Gasteiger partial charge in [0.25, 0.3) is 5.56 Å². The monoisotopic (exact) mass is 292 g/mol. The Morgan fingerprint density at radius 3 is 2.45 bits per heavy atom. The minimum Gasteiger partial charge on any atom is -0.325 e. The van der Waals surface area contributed by atoms with Crippen molar-refractivity contribution in [3.63, 3.8) is 0 Å².